The molecule has 0 aromatic heterocycles. The second-order valence-corrected chi connectivity index (χ2v) is 17.7. The van der Waals surface area contributed by atoms with Crippen LogP contribution in [0.25, 0.3) is 0 Å². The topological polar surface area (TPSA) is 21.7 Å². The molecule has 320 valence electrons. The SMILES string of the molecule is CCCCCCCCC(CCCN(CCCCCCCCCC(CC)(CC)CC)CCCCCCCCCC(CC)(CC)CC)C(C)(OCC)OCC. The van der Waals surface area contributed by atoms with E-state index in [1.807, 2.05) is 0 Å². The molecule has 1 atom stereocenters. The zero-order valence-electron chi connectivity index (χ0n) is 38.8. The van der Waals surface area contributed by atoms with E-state index in [-0.39, 0.29) is 0 Å². The van der Waals surface area contributed by atoms with Gasteiger partial charge in [0.05, 0.1) is 0 Å². The largest absolute Gasteiger partial charge is 0.350 e. The average Bonchev–Trinajstić information content (AvgIpc) is 3.17. The summed E-state index contributed by atoms with van der Waals surface area (Å²) in [5.74, 6) is 0.0262. The molecule has 0 amide bonds. The Bertz CT molecular complexity index is 683. The predicted molar refractivity (Wildman–Crippen MR) is 239 cm³/mol. The van der Waals surface area contributed by atoms with Gasteiger partial charge in [0.25, 0.3) is 0 Å². The molecule has 0 spiro atoms. The smallest absolute Gasteiger partial charge is 0.168 e. The maximum atomic E-state index is 6.37. The Labute approximate surface area is 337 Å². The van der Waals surface area contributed by atoms with Crippen molar-refractivity contribution in [2.75, 3.05) is 32.8 Å². The van der Waals surface area contributed by atoms with E-state index in [4.69, 9.17) is 9.47 Å². The summed E-state index contributed by atoms with van der Waals surface area (Å²) in [6.45, 7) is 28.5. The second-order valence-electron chi connectivity index (χ2n) is 17.7. The molecule has 53 heavy (non-hydrogen) atoms. The molecular formula is C50H103NO2. The van der Waals surface area contributed by atoms with Crippen molar-refractivity contribution < 1.29 is 9.47 Å². The lowest BCUT2D eigenvalue weighted by molar-refractivity contribution is -0.254. The summed E-state index contributed by atoms with van der Waals surface area (Å²) in [4.78, 5) is 2.85. The van der Waals surface area contributed by atoms with Gasteiger partial charge < -0.3 is 14.4 Å². The molecule has 0 fully saturated rings. The highest BCUT2D eigenvalue weighted by atomic mass is 16.7. The zero-order chi connectivity index (χ0) is 39.5. The summed E-state index contributed by atoms with van der Waals surface area (Å²) < 4.78 is 12.7. The minimum Gasteiger partial charge on any atom is -0.350 e. The van der Waals surface area contributed by atoms with Crippen LogP contribution in [0.15, 0.2) is 0 Å². The molecular weight excluding hydrogens is 647 g/mol. The van der Waals surface area contributed by atoms with Crippen molar-refractivity contribution in [1.29, 1.82) is 0 Å². The third kappa shape index (κ3) is 25.0. The molecule has 0 rings (SSSR count). The Morgan fingerprint density at radius 3 is 1.08 bits per heavy atom. The van der Waals surface area contributed by atoms with E-state index >= 15 is 0 Å². The van der Waals surface area contributed by atoms with Gasteiger partial charge in [-0.25, -0.2) is 0 Å². The zero-order valence-corrected chi connectivity index (χ0v) is 38.8. The van der Waals surface area contributed by atoms with Crippen LogP contribution in [0, 0.1) is 16.7 Å². The second kappa shape index (κ2) is 35.1. The lowest BCUT2D eigenvalue weighted by atomic mass is 9.75. The number of nitrogens with zero attached hydrogens (tertiary/aromatic N) is 1. The maximum absolute atomic E-state index is 6.37. The molecule has 0 heterocycles. The molecule has 0 radical (unpaired) electrons. The van der Waals surface area contributed by atoms with Crippen LogP contribution in [0.1, 0.15) is 268 Å². The fraction of sp³-hybridized carbons (Fsp3) is 1.00. The van der Waals surface area contributed by atoms with Gasteiger partial charge >= 0.3 is 0 Å². The molecule has 0 N–H and O–H groups in total. The van der Waals surface area contributed by atoms with Crippen molar-refractivity contribution in [1.82, 2.24) is 4.90 Å². The van der Waals surface area contributed by atoms with Crippen molar-refractivity contribution in [3.8, 4) is 0 Å². The number of rotatable bonds is 42. The molecule has 0 saturated carbocycles. The maximum Gasteiger partial charge on any atom is 0.168 e. The summed E-state index contributed by atoms with van der Waals surface area (Å²) in [5.41, 5.74) is 1.24. The van der Waals surface area contributed by atoms with Crippen molar-refractivity contribution in [2.45, 2.75) is 274 Å². The molecule has 0 aromatic carbocycles. The molecule has 0 aliphatic carbocycles. The Kier molecular flexibility index (Phi) is 35.0. The van der Waals surface area contributed by atoms with Crippen LogP contribution < -0.4 is 0 Å². The Morgan fingerprint density at radius 1 is 0.377 bits per heavy atom. The van der Waals surface area contributed by atoms with Gasteiger partial charge in [0.15, 0.2) is 5.79 Å². The summed E-state index contributed by atoms with van der Waals surface area (Å²) in [5, 5.41) is 0. The average molecular weight is 750 g/mol. The van der Waals surface area contributed by atoms with Gasteiger partial charge in [-0.15, -0.1) is 0 Å². The molecule has 3 nitrogen and oxygen atoms in total. The first-order chi connectivity index (χ1) is 25.7. The van der Waals surface area contributed by atoms with Crippen molar-refractivity contribution >= 4 is 0 Å². The number of hydrogen-bond donors (Lipinski definition) is 0. The Morgan fingerprint density at radius 2 is 0.698 bits per heavy atom. The number of ether oxygens (including phenoxy) is 2. The van der Waals surface area contributed by atoms with E-state index in [0.29, 0.717) is 16.7 Å². The van der Waals surface area contributed by atoms with Gasteiger partial charge in [0.2, 0.25) is 0 Å². The minimum atomic E-state index is -0.450. The standard InChI is InChI=1S/C50H103NO2/c1-11-20-21-22-29-34-40-47(48(10,52-18-8)53-19-9)41-39-46-51(44-37-32-27-23-25-30-35-42-49(12-2,13-3)14-4)45-38-33-28-24-26-31-36-43-50(15-5,16-6)17-7/h47H,11-46H2,1-10H3. The number of unbranched alkanes of at least 4 members (excludes halogenated alkanes) is 17. The highest BCUT2D eigenvalue weighted by molar-refractivity contribution is 4.78. The van der Waals surface area contributed by atoms with Crippen molar-refractivity contribution in [3.63, 3.8) is 0 Å². The van der Waals surface area contributed by atoms with E-state index in [9.17, 15) is 0 Å². The molecule has 3 heteroatoms. The molecule has 0 saturated heterocycles. The first kappa shape index (κ1) is 52.9. The van der Waals surface area contributed by atoms with Crippen molar-refractivity contribution in [3.05, 3.63) is 0 Å². The lowest BCUT2D eigenvalue weighted by Gasteiger charge is -2.38. The van der Waals surface area contributed by atoms with Gasteiger partial charge in [-0.3, -0.25) is 0 Å². The Balaban J connectivity index is 4.94. The fourth-order valence-electron chi connectivity index (χ4n) is 9.59. The fourth-order valence-corrected chi connectivity index (χ4v) is 9.59. The van der Waals surface area contributed by atoms with Gasteiger partial charge in [0, 0.05) is 19.1 Å². The lowest BCUT2D eigenvalue weighted by Crippen LogP contribution is -2.41. The van der Waals surface area contributed by atoms with Crippen LogP contribution in [0.4, 0.5) is 0 Å². The normalized spacial score (nSPS) is 13.4. The third-order valence-electron chi connectivity index (χ3n) is 14.4. The van der Waals surface area contributed by atoms with E-state index in [2.05, 4.69) is 74.1 Å². The van der Waals surface area contributed by atoms with E-state index in [1.54, 1.807) is 0 Å². The highest BCUT2D eigenvalue weighted by Crippen LogP contribution is 2.37. The number of hydrogen-bond acceptors (Lipinski definition) is 3. The van der Waals surface area contributed by atoms with Crippen molar-refractivity contribution in [2.24, 2.45) is 16.7 Å². The van der Waals surface area contributed by atoms with Gasteiger partial charge in [-0.05, 0) is 96.2 Å². The third-order valence-corrected chi connectivity index (χ3v) is 14.4. The molecule has 0 bridgehead atoms. The quantitative estimate of drug-likeness (QED) is 0.0458. The molecule has 0 aromatic rings. The van der Waals surface area contributed by atoms with Gasteiger partial charge in [-0.2, -0.15) is 0 Å². The summed E-state index contributed by atoms with van der Waals surface area (Å²) in [6.07, 6.45) is 42.7. The van der Waals surface area contributed by atoms with Crippen LogP contribution in [-0.2, 0) is 9.47 Å². The predicted octanol–water partition coefficient (Wildman–Crippen LogP) is 16.9. The summed E-state index contributed by atoms with van der Waals surface area (Å²) >= 11 is 0. The Hall–Kier alpha value is -0.120. The van der Waals surface area contributed by atoms with Gasteiger partial charge in [0.1, 0.15) is 0 Å². The minimum absolute atomic E-state index is 0.450. The molecule has 0 aliphatic heterocycles. The van der Waals surface area contributed by atoms with Gasteiger partial charge in [-0.1, -0.05) is 203 Å². The first-order valence-corrected chi connectivity index (χ1v) is 24.7. The van der Waals surface area contributed by atoms with E-state index < -0.39 is 5.79 Å². The van der Waals surface area contributed by atoms with Crippen LogP contribution in [0.2, 0.25) is 0 Å². The summed E-state index contributed by atoms with van der Waals surface area (Å²) in [6, 6.07) is 0. The van der Waals surface area contributed by atoms with Crippen LogP contribution >= 0.6 is 0 Å². The first-order valence-electron chi connectivity index (χ1n) is 24.7. The molecule has 0 aliphatic rings. The highest BCUT2D eigenvalue weighted by Gasteiger charge is 2.35. The summed E-state index contributed by atoms with van der Waals surface area (Å²) in [7, 11) is 0. The monoisotopic (exact) mass is 750 g/mol. The van der Waals surface area contributed by atoms with Crippen LogP contribution in [-0.4, -0.2) is 43.5 Å². The van der Waals surface area contributed by atoms with Crippen LogP contribution in [0.5, 0.6) is 0 Å². The molecule has 1 unspecified atom stereocenters. The van der Waals surface area contributed by atoms with Crippen LogP contribution in [0.3, 0.4) is 0 Å². The van der Waals surface area contributed by atoms with E-state index in [0.717, 1.165) is 13.2 Å². The van der Waals surface area contributed by atoms with E-state index in [1.165, 1.54) is 219 Å².